The molecule has 1 saturated heterocycles. The Morgan fingerprint density at radius 1 is 1.42 bits per heavy atom. The van der Waals surface area contributed by atoms with E-state index < -0.39 is 0 Å². The fourth-order valence-electron chi connectivity index (χ4n) is 2.38. The van der Waals surface area contributed by atoms with Crippen LogP contribution in [-0.4, -0.2) is 32.5 Å². The van der Waals surface area contributed by atoms with Gasteiger partial charge in [0.2, 0.25) is 5.89 Å². The van der Waals surface area contributed by atoms with Crippen LogP contribution in [0.4, 0.5) is 0 Å². The summed E-state index contributed by atoms with van der Waals surface area (Å²) in [6.07, 6.45) is 5.05. The highest BCUT2D eigenvalue weighted by Gasteiger charge is 2.34. The Morgan fingerprint density at radius 3 is 2.89 bits per heavy atom. The minimum Gasteiger partial charge on any atom is -0.337 e. The molecule has 3 heterocycles. The van der Waals surface area contributed by atoms with Crippen LogP contribution in [0.25, 0.3) is 0 Å². The maximum atomic E-state index is 12.4. The molecule has 2 aromatic rings. The molecular formula is C13H14N4O2. The number of hydrogen-bond acceptors (Lipinski definition) is 5. The summed E-state index contributed by atoms with van der Waals surface area (Å²) in [5.41, 5.74) is 0.637. The van der Waals surface area contributed by atoms with Gasteiger partial charge in [0.25, 0.3) is 5.91 Å². The molecule has 0 aliphatic carbocycles. The highest BCUT2D eigenvalue weighted by Crippen LogP contribution is 2.31. The summed E-state index contributed by atoms with van der Waals surface area (Å²) >= 11 is 0. The van der Waals surface area contributed by atoms with Gasteiger partial charge in [0.1, 0.15) is 6.04 Å². The molecule has 3 rings (SSSR count). The summed E-state index contributed by atoms with van der Waals surface area (Å²) in [6, 6.07) is 3.33. The molecule has 6 nitrogen and oxygen atoms in total. The zero-order chi connectivity index (χ0) is 13.2. The maximum Gasteiger partial charge on any atom is 0.254 e. The summed E-state index contributed by atoms with van der Waals surface area (Å²) in [5.74, 6) is 1.11. The fraction of sp³-hybridized carbons (Fsp3) is 0.385. The van der Waals surface area contributed by atoms with Crippen LogP contribution in [0, 0.1) is 6.92 Å². The van der Waals surface area contributed by atoms with E-state index in [4.69, 9.17) is 4.52 Å². The van der Waals surface area contributed by atoms with Gasteiger partial charge in [0, 0.05) is 24.5 Å². The van der Waals surface area contributed by atoms with Gasteiger partial charge in [-0.25, -0.2) is 0 Å². The van der Waals surface area contributed by atoms with E-state index in [1.165, 1.54) is 0 Å². The van der Waals surface area contributed by atoms with Gasteiger partial charge in [-0.05, 0) is 31.9 Å². The van der Waals surface area contributed by atoms with Gasteiger partial charge < -0.3 is 9.42 Å². The second-order valence-electron chi connectivity index (χ2n) is 4.57. The van der Waals surface area contributed by atoms with Gasteiger partial charge in [-0.2, -0.15) is 4.98 Å². The van der Waals surface area contributed by atoms with Crippen molar-refractivity contribution in [3.63, 3.8) is 0 Å². The molecule has 98 valence electrons. The molecule has 1 fully saturated rings. The van der Waals surface area contributed by atoms with Gasteiger partial charge in [-0.1, -0.05) is 5.16 Å². The minimum absolute atomic E-state index is 0.0132. The number of aryl methyl sites for hydroxylation is 1. The van der Waals surface area contributed by atoms with Gasteiger partial charge in [0.15, 0.2) is 5.82 Å². The third-order valence-electron chi connectivity index (χ3n) is 3.27. The highest BCUT2D eigenvalue weighted by atomic mass is 16.5. The Bertz CT molecular complexity index is 581. The SMILES string of the molecule is Cc1noc(C2CCCN2C(=O)c2ccncc2)n1. The second-order valence-corrected chi connectivity index (χ2v) is 4.57. The summed E-state index contributed by atoms with van der Waals surface area (Å²) in [4.78, 5) is 22.4. The van der Waals surface area contributed by atoms with E-state index in [0.29, 0.717) is 23.8 Å². The number of amides is 1. The highest BCUT2D eigenvalue weighted by molar-refractivity contribution is 5.94. The van der Waals surface area contributed by atoms with Gasteiger partial charge in [-0.15, -0.1) is 0 Å². The Morgan fingerprint density at radius 2 is 2.21 bits per heavy atom. The van der Waals surface area contributed by atoms with Gasteiger partial charge in [0.05, 0.1) is 0 Å². The van der Waals surface area contributed by atoms with Gasteiger partial charge in [-0.3, -0.25) is 9.78 Å². The molecule has 0 radical (unpaired) electrons. The van der Waals surface area contributed by atoms with Crippen molar-refractivity contribution in [2.75, 3.05) is 6.54 Å². The molecule has 0 N–H and O–H groups in total. The minimum atomic E-state index is -0.109. The molecule has 0 spiro atoms. The summed E-state index contributed by atoms with van der Waals surface area (Å²) in [5, 5.41) is 3.79. The van der Waals surface area contributed by atoms with Crippen LogP contribution in [0.1, 0.15) is 41.0 Å². The lowest BCUT2D eigenvalue weighted by Crippen LogP contribution is -2.30. The number of likely N-dealkylation sites (tertiary alicyclic amines) is 1. The third kappa shape index (κ3) is 2.21. The van der Waals surface area contributed by atoms with E-state index in [1.54, 1.807) is 36.4 Å². The Hall–Kier alpha value is -2.24. The third-order valence-corrected chi connectivity index (χ3v) is 3.27. The predicted octanol–water partition coefficient (Wildman–Crippen LogP) is 1.75. The number of carbonyl (C=O) groups excluding carboxylic acids is 1. The number of carbonyl (C=O) groups is 1. The van der Waals surface area contributed by atoms with Crippen molar-refractivity contribution in [2.45, 2.75) is 25.8 Å². The van der Waals surface area contributed by atoms with Crippen molar-refractivity contribution in [3.8, 4) is 0 Å². The lowest BCUT2D eigenvalue weighted by molar-refractivity contribution is 0.0710. The van der Waals surface area contributed by atoms with Crippen LogP contribution in [0.15, 0.2) is 29.0 Å². The van der Waals surface area contributed by atoms with Crippen molar-refractivity contribution in [1.82, 2.24) is 20.0 Å². The molecule has 0 saturated carbocycles. The lowest BCUT2D eigenvalue weighted by atomic mass is 10.2. The standard InChI is InChI=1S/C13H14N4O2/c1-9-15-12(19-16-9)11-3-2-8-17(11)13(18)10-4-6-14-7-5-10/h4-7,11H,2-3,8H2,1H3. The Balaban J connectivity index is 1.86. The molecule has 6 heteroatoms. The first-order valence-corrected chi connectivity index (χ1v) is 6.27. The lowest BCUT2D eigenvalue weighted by Gasteiger charge is -2.21. The zero-order valence-electron chi connectivity index (χ0n) is 10.6. The fourth-order valence-corrected chi connectivity index (χ4v) is 2.38. The topological polar surface area (TPSA) is 72.1 Å². The number of aromatic nitrogens is 3. The van der Waals surface area contributed by atoms with Crippen molar-refractivity contribution in [1.29, 1.82) is 0 Å². The average Bonchev–Trinajstić information content (AvgIpc) is 3.07. The van der Waals surface area contributed by atoms with E-state index in [-0.39, 0.29) is 11.9 Å². The van der Waals surface area contributed by atoms with Gasteiger partial charge >= 0.3 is 0 Å². The largest absolute Gasteiger partial charge is 0.337 e. The first kappa shape index (κ1) is 11.8. The molecule has 1 aliphatic heterocycles. The molecule has 2 aromatic heterocycles. The van der Waals surface area contributed by atoms with Crippen LogP contribution in [0.3, 0.4) is 0 Å². The van der Waals surface area contributed by atoms with Crippen LogP contribution in [0.2, 0.25) is 0 Å². The molecule has 1 amide bonds. The number of nitrogens with zero attached hydrogens (tertiary/aromatic N) is 4. The normalized spacial score (nSPS) is 18.8. The number of rotatable bonds is 2. The van der Waals surface area contributed by atoms with E-state index in [9.17, 15) is 4.79 Å². The molecule has 0 bridgehead atoms. The summed E-state index contributed by atoms with van der Waals surface area (Å²) in [6.45, 7) is 2.49. The van der Waals surface area contributed by atoms with Crippen molar-refractivity contribution in [3.05, 3.63) is 41.8 Å². The monoisotopic (exact) mass is 258 g/mol. The zero-order valence-corrected chi connectivity index (χ0v) is 10.6. The average molecular weight is 258 g/mol. The van der Waals surface area contributed by atoms with Crippen LogP contribution in [-0.2, 0) is 0 Å². The first-order chi connectivity index (χ1) is 9.25. The van der Waals surface area contributed by atoms with E-state index in [2.05, 4.69) is 15.1 Å². The first-order valence-electron chi connectivity index (χ1n) is 6.27. The van der Waals surface area contributed by atoms with E-state index in [0.717, 1.165) is 12.8 Å². The van der Waals surface area contributed by atoms with E-state index in [1.807, 2.05) is 0 Å². The van der Waals surface area contributed by atoms with Crippen molar-refractivity contribution < 1.29 is 9.32 Å². The van der Waals surface area contributed by atoms with Crippen molar-refractivity contribution in [2.24, 2.45) is 0 Å². The molecule has 0 aromatic carbocycles. The maximum absolute atomic E-state index is 12.4. The molecule has 1 aliphatic rings. The molecule has 19 heavy (non-hydrogen) atoms. The van der Waals surface area contributed by atoms with Crippen LogP contribution in [0.5, 0.6) is 0 Å². The van der Waals surface area contributed by atoms with Crippen LogP contribution < -0.4 is 0 Å². The molecular weight excluding hydrogens is 244 g/mol. The quantitative estimate of drug-likeness (QED) is 0.820. The predicted molar refractivity (Wildman–Crippen MR) is 66.3 cm³/mol. The Labute approximate surface area is 110 Å². The smallest absolute Gasteiger partial charge is 0.254 e. The second kappa shape index (κ2) is 4.79. The van der Waals surface area contributed by atoms with Crippen LogP contribution >= 0.6 is 0 Å². The van der Waals surface area contributed by atoms with E-state index >= 15 is 0 Å². The molecule has 1 atom stereocenters. The summed E-state index contributed by atoms with van der Waals surface area (Å²) < 4.78 is 5.20. The Kier molecular flexibility index (Phi) is 2.98. The number of pyridine rings is 1. The summed E-state index contributed by atoms with van der Waals surface area (Å²) in [7, 11) is 0. The van der Waals surface area contributed by atoms with Crippen molar-refractivity contribution >= 4 is 5.91 Å². The molecule has 1 unspecified atom stereocenters. The number of hydrogen-bond donors (Lipinski definition) is 0.